The normalized spacial score (nSPS) is 25.7. The first kappa shape index (κ1) is 20.3. The van der Waals surface area contributed by atoms with Gasteiger partial charge in [0, 0.05) is 38.4 Å². The van der Waals surface area contributed by atoms with Gasteiger partial charge in [-0.1, -0.05) is 19.3 Å². The third-order valence-corrected chi connectivity index (χ3v) is 8.49. The summed E-state index contributed by atoms with van der Waals surface area (Å²) in [6, 6.07) is 4.97. The number of hydrogen-bond acceptors (Lipinski definition) is 4. The predicted octanol–water partition coefficient (Wildman–Crippen LogP) is 4.33. The molecule has 0 radical (unpaired) electrons. The number of nitrogens with zero attached hydrogens (tertiary/aromatic N) is 4. The summed E-state index contributed by atoms with van der Waals surface area (Å²) in [6.07, 6.45) is 16.2. The summed E-state index contributed by atoms with van der Waals surface area (Å²) in [7, 11) is 0. The van der Waals surface area contributed by atoms with Crippen LogP contribution in [-0.4, -0.2) is 66.0 Å². The fraction of sp³-hybridized carbons (Fsp3) is 0.760. The van der Waals surface area contributed by atoms with Crippen LogP contribution in [0.3, 0.4) is 0 Å². The third-order valence-electron chi connectivity index (χ3n) is 8.49. The fourth-order valence-electron chi connectivity index (χ4n) is 5.98. The maximum atomic E-state index is 12.8. The molecule has 5 heteroatoms. The Kier molecular flexibility index (Phi) is 5.99. The SMILES string of the molecule is O=C(c1ccc(N2CCC3(CC2)CCN(C2CCC2)CC3)nc1)N1CCCCCC1. The van der Waals surface area contributed by atoms with E-state index in [-0.39, 0.29) is 5.91 Å². The topological polar surface area (TPSA) is 39.7 Å². The third kappa shape index (κ3) is 4.23. The Hall–Kier alpha value is -1.62. The standard InChI is InChI=1S/C25H38N4O/c30-24(29-14-3-1-2-4-15-29)21-8-9-23(26-20-21)28-18-12-25(13-19-28)10-16-27(17-11-25)22-6-5-7-22/h8-9,20,22H,1-7,10-19H2. The van der Waals surface area contributed by atoms with E-state index in [0.29, 0.717) is 5.41 Å². The number of likely N-dealkylation sites (tertiary alicyclic amines) is 2. The molecule has 30 heavy (non-hydrogen) atoms. The monoisotopic (exact) mass is 410 g/mol. The van der Waals surface area contributed by atoms with Crippen molar-refractivity contribution >= 4 is 11.7 Å². The lowest BCUT2D eigenvalue weighted by atomic mass is 9.70. The molecule has 3 aliphatic heterocycles. The first-order chi connectivity index (χ1) is 14.7. The molecule has 0 bridgehead atoms. The number of hydrogen-bond donors (Lipinski definition) is 0. The van der Waals surface area contributed by atoms with E-state index in [9.17, 15) is 4.79 Å². The second-order valence-electron chi connectivity index (χ2n) is 10.2. The average molecular weight is 411 g/mol. The van der Waals surface area contributed by atoms with Gasteiger partial charge in [-0.2, -0.15) is 0 Å². The Bertz CT molecular complexity index is 703. The molecule has 5 rings (SSSR count). The molecular weight excluding hydrogens is 372 g/mol. The summed E-state index contributed by atoms with van der Waals surface area (Å²) in [5, 5.41) is 0. The molecule has 0 aromatic carbocycles. The highest BCUT2D eigenvalue weighted by Gasteiger charge is 2.39. The highest BCUT2D eigenvalue weighted by molar-refractivity contribution is 5.94. The van der Waals surface area contributed by atoms with Gasteiger partial charge in [-0.3, -0.25) is 4.79 Å². The maximum Gasteiger partial charge on any atom is 0.255 e. The molecule has 5 nitrogen and oxygen atoms in total. The van der Waals surface area contributed by atoms with Crippen LogP contribution in [0.15, 0.2) is 18.3 Å². The first-order valence-electron chi connectivity index (χ1n) is 12.5. The van der Waals surface area contributed by atoms with Gasteiger partial charge in [0.2, 0.25) is 0 Å². The van der Waals surface area contributed by atoms with Crippen molar-refractivity contribution in [2.75, 3.05) is 44.2 Å². The van der Waals surface area contributed by atoms with Gasteiger partial charge in [0.1, 0.15) is 5.82 Å². The summed E-state index contributed by atoms with van der Waals surface area (Å²) in [5.41, 5.74) is 1.32. The van der Waals surface area contributed by atoms with Crippen molar-refractivity contribution in [2.24, 2.45) is 5.41 Å². The molecule has 1 spiro atoms. The zero-order valence-electron chi connectivity index (χ0n) is 18.5. The van der Waals surface area contributed by atoms with Gasteiger partial charge in [-0.05, 0) is 82.0 Å². The van der Waals surface area contributed by atoms with E-state index >= 15 is 0 Å². The average Bonchev–Trinajstić information content (AvgIpc) is 3.04. The molecule has 4 fully saturated rings. The molecular formula is C25H38N4O. The van der Waals surface area contributed by atoms with Crippen LogP contribution in [-0.2, 0) is 0 Å². The zero-order chi connectivity index (χ0) is 20.4. The van der Waals surface area contributed by atoms with Crippen molar-refractivity contribution in [3.05, 3.63) is 23.9 Å². The molecule has 0 N–H and O–H groups in total. The maximum absolute atomic E-state index is 12.8. The van der Waals surface area contributed by atoms with Crippen LogP contribution in [0.2, 0.25) is 0 Å². The van der Waals surface area contributed by atoms with Gasteiger partial charge in [0.25, 0.3) is 5.91 Å². The number of pyridine rings is 1. The Labute approximate surface area is 181 Å². The number of rotatable bonds is 3. The van der Waals surface area contributed by atoms with E-state index < -0.39 is 0 Å². The van der Waals surface area contributed by atoms with E-state index in [1.807, 2.05) is 17.2 Å². The van der Waals surface area contributed by atoms with Crippen LogP contribution in [0.25, 0.3) is 0 Å². The summed E-state index contributed by atoms with van der Waals surface area (Å²) in [5.74, 6) is 1.20. The van der Waals surface area contributed by atoms with Crippen LogP contribution in [0.1, 0.15) is 81.0 Å². The molecule has 1 aliphatic carbocycles. The number of aromatic nitrogens is 1. The predicted molar refractivity (Wildman–Crippen MR) is 121 cm³/mol. The largest absolute Gasteiger partial charge is 0.357 e. The van der Waals surface area contributed by atoms with Crippen LogP contribution >= 0.6 is 0 Å². The first-order valence-corrected chi connectivity index (χ1v) is 12.5. The molecule has 0 atom stereocenters. The van der Waals surface area contributed by atoms with Crippen molar-refractivity contribution in [3.8, 4) is 0 Å². The zero-order valence-corrected chi connectivity index (χ0v) is 18.5. The van der Waals surface area contributed by atoms with Crippen LogP contribution < -0.4 is 4.90 Å². The van der Waals surface area contributed by atoms with Gasteiger partial charge in [0.05, 0.1) is 5.56 Å². The van der Waals surface area contributed by atoms with Crippen molar-refractivity contribution in [2.45, 2.75) is 76.7 Å². The number of anilines is 1. The van der Waals surface area contributed by atoms with E-state index in [0.717, 1.165) is 56.4 Å². The summed E-state index contributed by atoms with van der Waals surface area (Å²) >= 11 is 0. The molecule has 4 aliphatic rings. The Balaban J connectivity index is 1.14. The van der Waals surface area contributed by atoms with Gasteiger partial charge < -0.3 is 14.7 Å². The molecule has 1 aromatic heterocycles. The van der Waals surface area contributed by atoms with Gasteiger partial charge in [-0.25, -0.2) is 4.98 Å². The van der Waals surface area contributed by atoms with E-state index in [1.54, 1.807) is 0 Å². The molecule has 164 valence electrons. The Morgan fingerprint density at radius 1 is 0.833 bits per heavy atom. The molecule has 3 saturated heterocycles. The van der Waals surface area contributed by atoms with Gasteiger partial charge >= 0.3 is 0 Å². The summed E-state index contributed by atoms with van der Waals surface area (Å²) in [6.45, 7) is 6.64. The number of amides is 1. The Morgan fingerprint density at radius 2 is 1.50 bits per heavy atom. The van der Waals surface area contributed by atoms with Gasteiger partial charge in [-0.15, -0.1) is 0 Å². The second-order valence-corrected chi connectivity index (χ2v) is 10.2. The number of carbonyl (C=O) groups is 1. The molecule has 4 heterocycles. The van der Waals surface area contributed by atoms with E-state index in [2.05, 4.69) is 15.9 Å². The second kappa shape index (κ2) is 8.86. The Morgan fingerprint density at radius 3 is 2.07 bits per heavy atom. The molecule has 1 amide bonds. The summed E-state index contributed by atoms with van der Waals surface area (Å²) < 4.78 is 0. The minimum Gasteiger partial charge on any atom is -0.357 e. The van der Waals surface area contributed by atoms with Crippen LogP contribution in [0.4, 0.5) is 5.82 Å². The smallest absolute Gasteiger partial charge is 0.255 e. The molecule has 1 aromatic rings. The molecule has 0 unspecified atom stereocenters. The highest BCUT2D eigenvalue weighted by Crippen LogP contribution is 2.43. The van der Waals surface area contributed by atoms with Crippen molar-refractivity contribution < 1.29 is 4.79 Å². The fourth-order valence-corrected chi connectivity index (χ4v) is 5.98. The summed E-state index contributed by atoms with van der Waals surface area (Å²) in [4.78, 5) is 24.7. The van der Waals surface area contributed by atoms with E-state index in [1.165, 1.54) is 70.9 Å². The number of piperidine rings is 2. The quantitative estimate of drug-likeness (QED) is 0.743. The molecule has 1 saturated carbocycles. The van der Waals surface area contributed by atoms with Crippen molar-refractivity contribution in [3.63, 3.8) is 0 Å². The van der Waals surface area contributed by atoms with Crippen molar-refractivity contribution in [1.82, 2.24) is 14.8 Å². The lowest BCUT2D eigenvalue weighted by molar-refractivity contribution is 0.0305. The van der Waals surface area contributed by atoms with Gasteiger partial charge in [0.15, 0.2) is 0 Å². The minimum absolute atomic E-state index is 0.159. The lowest BCUT2D eigenvalue weighted by Crippen LogP contribution is -2.51. The minimum atomic E-state index is 0.159. The van der Waals surface area contributed by atoms with Crippen molar-refractivity contribution in [1.29, 1.82) is 0 Å². The number of carbonyl (C=O) groups excluding carboxylic acids is 1. The highest BCUT2D eigenvalue weighted by atomic mass is 16.2. The van der Waals surface area contributed by atoms with Crippen LogP contribution in [0, 0.1) is 5.41 Å². The lowest BCUT2D eigenvalue weighted by Gasteiger charge is -2.50. The van der Waals surface area contributed by atoms with Crippen LogP contribution in [0.5, 0.6) is 0 Å². The van der Waals surface area contributed by atoms with E-state index in [4.69, 9.17) is 4.98 Å².